The highest BCUT2D eigenvalue weighted by atomic mass is 16.5. The van der Waals surface area contributed by atoms with Gasteiger partial charge in [0.25, 0.3) is 11.5 Å². The molecule has 0 unspecified atom stereocenters. The number of hydrogen-bond acceptors (Lipinski definition) is 15. The van der Waals surface area contributed by atoms with Gasteiger partial charge >= 0.3 is 0 Å². The minimum absolute atomic E-state index is 0.00771. The number of benzene rings is 1. The quantitative estimate of drug-likeness (QED) is 0.0673. The van der Waals surface area contributed by atoms with E-state index in [0.29, 0.717) is 78.3 Å². The van der Waals surface area contributed by atoms with Crippen LogP contribution in [0.4, 0.5) is 29.0 Å². The van der Waals surface area contributed by atoms with Crippen molar-refractivity contribution in [1.82, 2.24) is 39.9 Å². The third-order valence-corrected chi connectivity index (χ3v) is 11.2. The molecule has 7 rings (SSSR count). The van der Waals surface area contributed by atoms with E-state index in [2.05, 4.69) is 51.2 Å². The number of carbonyl (C=O) groups excluding carboxylic acids is 4. The Labute approximate surface area is 370 Å². The highest BCUT2D eigenvalue weighted by Gasteiger charge is 2.26. The summed E-state index contributed by atoms with van der Waals surface area (Å²) in [7, 11) is 0. The minimum atomic E-state index is -0.420. The van der Waals surface area contributed by atoms with E-state index in [4.69, 9.17) is 14.5 Å². The lowest BCUT2D eigenvalue weighted by molar-refractivity contribution is -0.122. The summed E-state index contributed by atoms with van der Waals surface area (Å²) in [6.45, 7) is 9.62. The largest absolute Gasteiger partial charge is 0.379 e. The number of ether oxygens (including phenoxy) is 2. The van der Waals surface area contributed by atoms with E-state index in [-0.39, 0.29) is 60.9 Å². The van der Waals surface area contributed by atoms with E-state index in [1.54, 1.807) is 67.2 Å². The Bertz CT molecular complexity index is 2500. The number of carbonyl (C=O) groups is 4. The Kier molecular flexibility index (Phi) is 15.3. The fourth-order valence-corrected chi connectivity index (χ4v) is 7.90. The molecule has 2 fully saturated rings. The molecule has 0 radical (unpaired) electrons. The number of pyridine rings is 2. The van der Waals surface area contributed by atoms with Gasteiger partial charge in [-0.3, -0.25) is 33.4 Å². The summed E-state index contributed by atoms with van der Waals surface area (Å²) in [6, 6.07) is 13.9. The molecule has 5 heterocycles. The molecule has 4 N–H and O–H groups in total. The lowest BCUT2D eigenvalue weighted by Gasteiger charge is -2.35. The summed E-state index contributed by atoms with van der Waals surface area (Å²) >= 11 is 0. The molecule has 3 amide bonds. The molecular weight excluding hydrogens is 821 g/mol. The summed E-state index contributed by atoms with van der Waals surface area (Å²) in [4.78, 5) is 82.2. The van der Waals surface area contributed by atoms with E-state index < -0.39 is 5.91 Å². The predicted molar refractivity (Wildman–Crippen MR) is 241 cm³/mol. The number of Topliss-reactive ketones (excluding diaryl/α,β-unsaturated/α-hetero) is 1. The van der Waals surface area contributed by atoms with Gasteiger partial charge in [-0.15, -0.1) is 5.10 Å². The van der Waals surface area contributed by atoms with Crippen molar-refractivity contribution < 1.29 is 28.7 Å². The van der Waals surface area contributed by atoms with E-state index in [1.165, 1.54) is 6.92 Å². The van der Waals surface area contributed by atoms with Gasteiger partial charge < -0.3 is 35.6 Å². The Hall–Kier alpha value is -6.70. The maximum atomic E-state index is 13.6. The smallest absolute Gasteiger partial charge is 0.263 e. The zero-order chi connectivity index (χ0) is 45.0. The number of fused-ring (bicyclic) bond motifs is 1. The molecule has 0 bridgehead atoms. The van der Waals surface area contributed by atoms with Crippen molar-refractivity contribution in [2.75, 3.05) is 86.5 Å². The molecule has 0 atom stereocenters. The van der Waals surface area contributed by atoms with Crippen LogP contribution in [0.1, 0.15) is 77.0 Å². The Morgan fingerprint density at radius 3 is 2.27 bits per heavy atom. The van der Waals surface area contributed by atoms with Crippen molar-refractivity contribution in [2.24, 2.45) is 0 Å². The van der Waals surface area contributed by atoms with Gasteiger partial charge in [-0.1, -0.05) is 25.0 Å². The third-order valence-electron chi connectivity index (χ3n) is 11.2. The van der Waals surface area contributed by atoms with Crippen molar-refractivity contribution in [2.45, 2.75) is 58.9 Å². The van der Waals surface area contributed by atoms with Gasteiger partial charge in [-0.05, 0) is 75.6 Å². The Morgan fingerprint density at radius 2 is 1.55 bits per heavy atom. The number of nitrogens with one attached hydrogen (secondary N) is 4. The summed E-state index contributed by atoms with van der Waals surface area (Å²) in [5.74, 6) is 0.123. The first kappa shape index (κ1) is 45.3. The fraction of sp³-hybridized carbons (Fsp3) is 0.422. The first-order chi connectivity index (χ1) is 31.0. The number of amides is 3. The molecule has 2 aliphatic rings. The SMILES string of the molecule is CC(=O)c1c(C)c2cnc(Nc3ccc(N4CCN(CC(=O)NCCOCCOCCC(=O)Nc5ccccc5C(=O)Nc5ccc(C)nn5)CC4)cn3)nc2n(C2CCCC2)c1=O. The highest BCUT2D eigenvalue weighted by molar-refractivity contribution is 6.09. The Balaban J connectivity index is 0.763. The number of ketones is 1. The van der Waals surface area contributed by atoms with E-state index in [9.17, 15) is 24.0 Å². The monoisotopic (exact) mass is 874 g/mol. The van der Waals surface area contributed by atoms with E-state index in [0.717, 1.165) is 50.2 Å². The van der Waals surface area contributed by atoms with Crippen LogP contribution in [0.15, 0.2) is 65.7 Å². The van der Waals surface area contributed by atoms with Gasteiger partial charge in [-0.2, -0.15) is 10.1 Å². The lowest BCUT2D eigenvalue weighted by Crippen LogP contribution is -2.49. The number of piperazine rings is 1. The zero-order valence-electron chi connectivity index (χ0n) is 36.4. The van der Waals surface area contributed by atoms with Crippen LogP contribution in [0.2, 0.25) is 0 Å². The normalized spacial score (nSPS) is 14.4. The van der Waals surface area contributed by atoms with Crippen molar-refractivity contribution in [1.29, 1.82) is 0 Å². The molecule has 1 saturated carbocycles. The number of hydrogen-bond donors (Lipinski definition) is 4. The average Bonchev–Trinajstić information content (AvgIpc) is 3.82. The number of aromatic nitrogens is 6. The highest BCUT2D eigenvalue weighted by Crippen LogP contribution is 2.32. The zero-order valence-corrected chi connectivity index (χ0v) is 36.4. The first-order valence-electron chi connectivity index (χ1n) is 21.6. The van der Waals surface area contributed by atoms with Gasteiger partial charge in [0.05, 0.1) is 73.8 Å². The standard InChI is InChI=1S/C45H54N12O7/c1-29-12-14-38(54-53-29)50-43(61)34-10-6-7-11-36(34)49-39(59)16-22-63-24-25-64-23-17-46-40(60)28-55-18-20-56(21-19-55)33-13-15-37(47-26-33)51-45-48-27-35-30(2)41(31(3)58)44(62)57(42(35)52-45)32-8-4-5-9-32/h6-7,10-15,26-27,32H,4-5,8-9,16-25,28H2,1-3H3,(H,46,60)(H,49,59)(H,50,54,61)(H,47,48,51,52). The first-order valence-corrected chi connectivity index (χ1v) is 21.6. The molecular formula is C45H54N12O7. The van der Waals surface area contributed by atoms with Gasteiger partial charge in [0.1, 0.15) is 11.5 Å². The average molecular weight is 875 g/mol. The van der Waals surface area contributed by atoms with Crippen molar-refractivity contribution >= 4 is 63.5 Å². The number of nitrogens with zero attached hydrogens (tertiary/aromatic N) is 8. The molecule has 5 aromatic rings. The number of anilines is 5. The molecule has 1 aliphatic carbocycles. The molecule has 1 aromatic carbocycles. The second-order valence-corrected chi connectivity index (χ2v) is 15.8. The van der Waals surface area contributed by atoms with Crippen LogP contribution in [0.5, 0.6) is 0 Å². The molecule has 19 nitrogen and oxygen atoms in total. The maximum absolute atomic E-state index is 13.6. The van der Waals surface area contributed by atoms with Crippen LogP contribution in [0.25, 0.3) is 11.0 Å². The van der Waals surface area contributed by atoms with E-state index in [1.807, 2.05) is 12.1 Å². The summed E-state index contributed by atoms with van der Waals surface area (Å²) < 4.78 is 12.8. The minimum Gasteiger partial charge on any atom is -0.379 e. The Morgan fingerprint density at radius 1 is 0.797 bits per heavy atom. The van der Waals surface area contributed by atoms with Crippen LogP contribution in [0, 0.1) is 13.8 Å². The van der Waals surface area contributed by atoms with Crippen LogP contribution < -0.4 is 31.7 Å². The van der Waals surface area contributed by atoms with Crippen LogP contribution in [-0.4, -0.2) is 124 Å². The third kappa shape index (κ3) is 11.7. The predicted octanol–water partition coefficient (Wildman–Crippen LogP) is 4.21. The molecule has 19 heteroatoms. The number of para-hydroxylation sites is 1. The maximum Gasteiger partial charge on any atom is 0.263 e. The van der Waals surface area contributed by atoms with Gasteiger partial charge in [0.15, 0.2) is 11.6 Å². The van der Waals surface area contributed by atoms with E-state index >= 15 is 0 Å². The van der Waals surface area contributed by atoms with Gasteiger partial charge in [0.2, 0.25) is 17.8 Å². The van der Waals surface area contributed by atoms with Crippen LogP contribution in [0.3, 0.4) is 0 Å². The summed E-state index contributed by atoms with van der Waals surface area (Å²) in [5.41, 5.74) is 3.38. The molecule has 336 valence electrons. The second kappa shape index (κ2) is 21.6. The molecule has 1 saturated heterocycles. The molecule has 4 aromatic heterocycles. The fourth-order valence-electron chi connectivity index (χ4n) is 7.90. The molecule has 0 spiro atoms. The molecule has 1 aliphatic heterocycles. The van der Waals surface area contributed by atoms with Gasteiger partial charge in [-0.25, -0.2) is 9.97 Å². The van der Waals surface area contributed by atoms with Crippen molar-refractivity contribution in [3.8, 4) is 0 Å². The number of rotatable bonds is 19. The summed E-state index contributed by atoms with van der Waals surface area (Å²) in [6.07, 6.45) is 7.34. The number of aryl methyl sites for hydroxylation is 2. The molecule has 64 heavy (non-hydrogen) atoms. The van der Waals surface area contributed by atoms with Crippen molar-refractivity contribution in [3.63, 3.8) is 0 Å². The summed E-state index contributed by atoms with van der Waals surface area (Å²) in [5, 5.41) is 20.1. The van der Waals surface area contributed by atoms with Crippen LogP contribution in [-0.2, 0) is 19.1 Å². The second-order valence-electron chi connectivity index (χ2n) is 15.8. The van der Waals surface area contributed by atoms with Crippen molar-refractivity contribution in [3.05, 3.63) is 93.7 Å². The van der Waals surface area contributed by atoms with Crippen LogP contribution >= 0.6 is 0 Å². The lowest BCUT2D eigenvalue weighted by atomic mass is 10.0. The van der Waals surface area contributed by atoms with Gasteiger partial charge in [0, 0.05) is 50.3 Å². The topological polar surface area (TPSA) is 228 Å².